The molecule has 2 aromatic rings. The number of carbonyl (C=O) groups is 1. The molecule has 78 valence electrons. The average molecular weight is 205 g/mol. The molecule has 15 heavy (non-hydrogen) atoms. The van der Waals surface area contributed by atoms with Gasteiger partial charge in [0, 0.05) is 25.0 Å². The summed E-state index contributed by atoms with van der Waals surface area (Å²) in [6, 6.07) is 3.24. The molecule has 0 aliphatic rings. The molecule has 2 rings (SSSR count). The van der Waals surface area contributed by atoms with Gasteiger partial charge in [-0.15, -0.1) is 0 Å². The number of rotatable bonds is 2. The number of aryl methyl sites for hydroxylation is 1. The van der Waals surface area contributed by atoms with Crippen LogP contribution in [0.1, 0.15) is 17.4 Å². The topological polar surface area (TPSA) is 78.7 Å². The maximum absolute atomic E-state index is 11.9. The number of aromatic nitrogens is 4. The molecule has 0 aliphatic carbocycles. The second kappa shape index (κ2) is 3.56. The van der Waals surface area contributed by atoms with Crippen molar-refractivity contribution in [2.24, 2.45) is 0 Å². The van der Waals surface area contributed by atoms with E-state index in [4.69, 9.17) is 5.73 Å². The summed E-state index contributed by atoms with van der Waals surface area (Å²) < 4.78 is 2.81. The zero-order chi connectivity index (χ0) is 10.8. The molecule has 0 spiro atoms. The first kappa shape index (κ1) is 9.45. The van der Waals surface area contributed by atoms with Crippen LogP contribution in [0, 0.1) is 0 Å². The first-order valence-electron chi connectivity index (χ1n) is 4.60. The van der Waals surface area contributed by atoms with Gasteiger partial charge in [-0.3, -0.25) is 9.48 Å². The van der Waals surface area contributed by atoms with E-state index in [0.29, 0.717) is 18.1 Å². The van der Waals surface area contributed by atoms with Gasteiger partial charge in [-0.25, -0.2) is 4.68 Å². The van der Waals surface area contributed by atoms with E-state index >= 15 is 0 Å². The molecule has 0 radical (unpaired) electrons. The maximum Gasteiger partial charge on any atom is 0.296 e. The Bertz CT molecular complexity index is 471. The third-order valence-electron chi connectivity index (χ3n) is 2.03. The SMILES string of the molecule is CCn1nc(N)cc1C(=O)n1cccn1. The van der Waals surface area contributed by atoms with E-state index in [2.05, 4.69) is 10.2 Å². The Labute approximate surface area is 86.3 Å². The third-order valence-corrected chi connectivity index (χ3v) is 2.03. The second-order valence-electron chi connectivity index (χ2n) is 3.03. The van der Waals surface area contributed by atoms with Crippen molar-refractivity contribution in [2.45, 2.75) is 13.5 Å². The van der Waals surface area contributed by atoms with Crippen LogP contribution in [0.3, 0.4) is 0 Å². The van der Waals surface area contributed by atoms with Crippen molar-refractivity contribution in [3.63, 3.8) is 0 Å². The Morgan fingerprint density at radius 1 is 1.60 bits per heavy atom. The van der Waals surface area contributed by atoms with Crippen LogP contribution < -0.4 is 5.73 Å². The second-order valence-corrected chi connectivity index (χ2v) is 3.03. The van der Waals surface area contributed by atoms with Gasteiger partial charge in [0.1, 0.15) is 11.5 Å². The van der Waals surface area contributed by atoms with E-state index in [0.717, 1.165) is 0 Å². The highest BCUT2D eigenvalue weighted by atomic mass is 16.2. The fraction of sp³-hybridized carbons (Fsp3) is 0.222. The molecule has 0 saturated heterocycles. The smallest absolute Gasteiger partial charge is 0.296 e. The molecule has 2 aromatic heterocycles. The van der Waals surface area contributed by atoms with Crippen LogP contribution in [0.5, 0.6) is 0 Å². The van der Waals surface area contributed by atoms with Gasteiger partial charge in [0.2, 0.25) is 0 Å². The summed E-state index contributed by atoms with van der Waals surface area (Å²) in [5.41, 5.74) is 5.98. The van der Waals surface area contributed by atoms with Crippen molar-refractivity contribution < 1.29 is 4.79 Å². The molecule has 0 aliphatic heterocycles. The fourth-order valence-electron chi connectivity index (χ4n) is 1.36. The van der Waals surface area contributed by atoms with Crippen LogP contribution >= 0.6 is 0 Å². The highest BCUT2D eigenvalue weighted by Gasteiger charge is 2.15. The lowest BCUT2D eigenvalue weighted by Gasteiger charge is -2.02. The summed E-state index contributed by atoms with van der Waals surface area (Å²) in [5, 5.41) is 7.85. The molecule has 6 nitrogen and oxygen atoms in total. The van der Waals surface area contributed by atoms with Crippen molar-refractivity contribution >= 4 is 11.7 Å². The number of nitrogens with two attached hydrogens (primary N) is 1. The first-order chi connectivity index (χ1) is 7.22. The van der Waals surface area contributed by atoms with Gasteiger partial charge in [0.25, 0.3) is 5.91 Å². The largest absolute Gasteiger partial charge is 0.382 e. The lowest BCUT2D eigenvalue weighted by Crippen LogP contribution is -2.17. The number of carbonyl (C=O) groups excluding carboxylic acids is 1. The summed E-state index contributed by atoms with van der Waals surface area (Å²) in [6.45, 7) is 2.49. The van der Waals surface area contributed by atoms with Gasteiger partial charge in [-0.05, 0) is 13.0 Å². The summed E-state index contributed by atoms with van der Waals surface area (Å²) in [7, 11) is 0. The van der Waals surface area contributed by atoms with E-state index in [1.165, 1.54) is 4.68 Å². The summed E-state index contributed by atoms with van der Waals surface area (Å²) in [6.07, 6.45) is 3.14. The number of hydrogen-bond donors (Lipinski definition) is 1. The monoisotopic (exact) mass is 205 g/mol. The predicted octanol–water partition coefficient (Wildman–Crippen LogP) is 0.370. The summed E-state index contributed by atoms with van der Waals surface area (Å²) >= 11 is 0. The van der Waals surface area contributed by atoms with Crippen LogP contribution in [0.25, 0.3) is 0 Å². The van der Waals surface area contributed by atoms with Crippen molar-refractivity contribution in [1.82, 2.24) is 19.6 Å². The van der Waals surface area contributed by atoms with E-state index in [1.54, 1.807) is 29.2 Å². The molecule has 0 saturated carbocycles. The lowest BCUT2D eigenvalue weighted by molar-refractivity contribution is 0.0934. The van der Waals surface area contributed by atoms with Crippen LogP contribution in [0.2, 0.25) is 0 Å². The summed E-state index contributed by atoms with van der Waals surface area (Å²) in [5.74, 6) is 0.110. The Kier molecular flexibility index (Phi) is 2.24. The Balaban J connectivity index is 2.41. The minimum Gasteiger partial charge on any atom is -0.382 e. The third kappa shape index (κ3) is 1.61. The van der Waals surface area contributed by atoms with E-state index in [9.17, 15) is 4.79 Å². The van der Waals surface area contributed by atoms with Gasteiger partial charge in [0.15, 0.2) is 0 Å². The number of hydrogen-bond acceptors (Lipinski definition) is 4. The molecule has 2 N–H and O–H groups in total. The van der Waals surface area contributed by atoms with Crippen LogP contribution in [-0.2, 0) is 6.54 Å². The molecule has 0 atom stereocenters. The predicted molar refractivity (Wildman–Crippen MR) is 54.3 cm³/mol. The molecule has 0 unspecified atom stereocenters. The van der Waals surface area contributed by atoms with Crippen LogP contribution in [0.15, 0.2) is 24.5 Å². The fourth-order valence-corrected chi connectivity index (χ4v) is 1.36. The van der Waals surface area contributed by atoms with Crippen molar-refractivity contribution in [2.75, 3.05) is 5.73 Å². The Morgan fingerprint density at radius 2 is 2.40 bits per heavy atom. The minimum atomic E-state index is -0.231. The normalized spacial score (nSPS) is 10.5. The molecule has 0 bridgehead atoms. The Morgan fingerprint density at radius 3 is 3.00 bits per heavy atom. The van der Waals surface area contributed by atoms with Gasteiger partial charge in [-0.2, -0.15) is 10.2 Å². The average Bonchev–Trinajstić information content (AvgIpc) is 2.84. The van der Waals surface area contributed by atoms with Gasteiger partial charge in [-0.1, -0.05) is 0 Å². The maximum atomic E-state index is 11.9. The highest BCUT2D eigenvalue weighted by Crippen LogP contribution is 2.07. The molecule has 0 amide bonds. The van der Waals surface area contributed by atoms with E-state index in [-0.39, 0.29) is 5.91 Å². The van der Waals surface area contributed by atoms with Crippen LogP contribution in [0.4, 0.5) is 5.82 Å². The number of nitrogen functional groups attached to an aromatic ring is 1. The standard InChI is InChI=1S/C9H11N5O/c1-2-13-7(6-8(10)12-13)9(15)14-5-3-4-11-14/h3-6H,2H2,1H3,(H2,10,12). The summed E-state index contributed by atoms with van der Waals surface area (Å²) in [4.78, 5) is 11.9. The highest BCUT2D eigenvalue weighted by molar-refractivity contribution is 5.94. The van der Waals surface area contributed by atoms with E-state index < -0.39 is 0 Å². The zero-order valence-corrected chi connectivity index (χ0v) is 8.29. The Hall–Kier alpha value is -2.11. The molecular weight excluding hydrogens is 194 g/mol. The van der Waals surface area contributed by atoms with Gasteiger partial charge in [0.05, 0.1) is 0 Å². The van der Waals surface area contributed by atoms with Gasteiger partial charge >= 0.3 is 0 Å². The molecule has 6 heteroatoms. The molecule has 0 fully saturated rings. The zero-order valence-electron chi connectivity index (χ0n) is 8.29. The van der Waals surface area contributed by atoms with E-state index in [1.807, 2.05) is 6.92 Å². The lowest BCUT2D eigenvalue weighted by atomic mass is 10.4. The van der Waals surface area contributed by atoms with Crippen LogP contribution in [-0.4, -0.2) is 25.5 Å². The van der Waals surface area contributed by atoms with Crippen molar-refractivity contribution in [3.8, 4) is 0 Å². The van der Waals surface area contributed by atoms with Gasteiger partial charge < -0.3 is 5.73 Å². The molecule has 2 heterocycles. The van der Waals surface area contributed by atoms with Crippen molar-refractivity contribution in [3.05, 3.63) is 30.2 Å². The first-order valence-corrected chi connectivity index (χ1v) is 4.60. The molecule has 0 aromatic carbocycles. The minimum absolute atomic E-state index is 0.231. The number of nitrogens with zero attached hydrogens (tertiary/aromatic N) is 4. The quantitative estimate of drug-likeness (QED) is 0.768. The molecular formula is C9H11N5O. The van der Waals surface area contributed by atoms with Crippen molar-refractivity contribution in [1.29, 1.82) is 0 Å². The number of anilines is 1.